The molecule has 1 unspecified atom stereocenters. The summed E-state index contributed by atoms with van der Waals surface area (Å²) in [5.41, 5.74) is 1.06. The van der Waals surface area contributed by atoms with E-state index in [0.717, 1.165) is 24.8 Å². The van der Waals surface area contributed by atoms with Gasteiger partial charge in [0.1, 0.15) is 6.04 Å². The third-order valence-corrected chi connectivity index (χ3v) is 7.35. The van der Waals surface area contributed by atoms with E-state index in [4.69, 9.17) is 21.7 Å². The number of carbonyl (C=O) groups is 4. The standard InChI is InChI=1S/C31H47N3O6S/c1-2-3-4-5-6-7-8-9-10-14-22-39-29(37)24-26-30(38)32-20-21-34(26)31(41)33-27(35)17-18-28(36)40-23-19-25-15-12-11-13-16-25/h11-13,15-16,26H,2-10,14,17-24H2,1H3,(H,32,38)(H,33,35,41). The minimum atomic E-state index is -0.861. The first kappa shape index (κ1) is 34.2. The second-order valence-electron chi connectivity index (χ2n) is 10.4. The van der Waals surface area contributed by atoms with Crippen molar-refractivity contribution in [2.45, 2.75) is 103 Å². The molecule has 41 heavy (non-hydrogen) atoms. The van der Waals surface area contributed by atoms with Gasteiger partial charge >= 0.3 is 11.9 Å². The van der Waals surface area contributed by atoms with E-state index >= 15 is 0 Å². The van der Waals surface area contributed by atoms with E-state index in [1.807, 2.05) is 30.3 Å². The largest absolute Gasteiger partial charge is 0.466 e. The van der Waals surface area contributed by atoms with Gasteiger partial charge in [-0.2, -0.15) is 0 Å². The van der Waals surface area contributed by atoms with Crippen LogP contribution < -0.4 is 10.6 Å². The van der Waals surface area contributed by atoms with Crippen LogP contribution in [0.3, 0.4) is 0 Å². The van der Waals surface area contributed by atoms with Gasteiger partial charge in [0.25, 0.3) is 0 Å². The molecule has 0 aliphatic carbocycles. The van der Waals surface area contributed by atoms with E-state index < -0.39 is 23.9 Å². The average Bonchev–Trinajstić information content (AvgIpc) is 2.96. The molecule has 0 aromatic heterocycles. The van der Waals surface area contributed by atoms with E-state index in [9.17, 15) is 19.2 Å². The number of carbonyl (C=O) groups excluding carboxylic acids is 4. The van der Waals surface area contributed by atoms with Gasteiger partial charge in [-0.15, -0.1) is 0 Å². The van der Waals surface area contributed by atoms with Crippen LogP contribution in [0.25, 0.3) is 0 Å². The maximum absolute atomic E-state index is 12.5. The molecule has 10 heteroatoms. The summed E-state index contributed by atoms with van der Waals surface area (Å²) in [5.74, 6) is -1.74. The van der Waals surface area contributed by atoms with Gasteiger partial charge in [0.15, 0.2) is 5.11 Å². The zero-order chi connectivity index (χ0) is 29.7. The highest BCUT2D eigenvalue weighted by Gasteiger charge is 2.34. The van der Waals surface area contributed by atoms with Gasteiger partial charge in [0.05, 0.1) is 26.1 Å². The number of nitrogens with zero attached hydrogens (tertiary/aromatic N) is 1. The first-order valence-corrected chi connectivity index (χ1v) is 15.5. The van der Waals surface area contributed by atoms with E-state index in [2.05, 4.69) is 17.6 Å². The lowest BCUT2D eigenvalue weighted by Crippen LogP contribution is -2.60. The number of benzene rings is 1. The van der Waals surface area contributed by atoms with Crippen LogP contribution in [-0.2, 0) is 35.1 Å². The van der Waals surface area contributed by atoms with Crippen LogP contribution in [0.2, 0.25) is 0 Å². The van der Waals surface area contributed by atoms with Crippen LogP contribution in [0.1, 0.15) is 96.0 Å². The summed E-state index contributed by atoms with van der Waals surface area (Å²) < 4.78 is 10.6. The van der Waals surface area contributed by atoms with Crippen molar-refractivity contribution in [3.8, 4) is 0 Å². The summed E-state index contributed by atoms with van der Waals surface area (Å²) in [6.07, 6.45) is 12.2. The lowest BCUT2D eigenvalue weighted by Gasteiger charge is -2.36. The van der Waals surface area contributed by atoms with E-state index in [0.29, 0.717) is 26.1 Å². The Kier molecular flexibility index (Phi) is 17.3. The Morgan fingerprint density at radius 3 is 2.22 bits per heavy atom. The topological polar surface area (TPSA) is 114 Å². The van der Waals surface area contributed by atoms with E-state index in [1.165, 1.54) is 49.8 Å². The molecule has 1 saturated heterocycles. The summed E-state index contributed by atoms with van der Waals surface area (Å²) in [7, 11) is 0. The van der Waals surface area contributed by atoms with Gasteiger partial charge in [-0.3, -0.25) is 19.2 Å². The average molecular weight is 590 g/mol. The molecule has 1 aromatic rings. The lowest BCUT2D eigenvalue weighted by atomic mass is 10.1. The molecule has 2 amide bonds. The van der Waals surface area contributed by atoms with Crippen molar-refractivity contribution in [3.63, 3.8) is 0 Å². The summed E-state index contributed by atoms with van der Waals surface area (Å²) in [4.78, 5) is 50.9. The number of amides is 2. The highest BCUT2D eigenvalue weighted by molar-refractivity contribution is 7.80. The molecule has 1 atom stereocenters. The van der Waals surface area contributed by atoms with Crippen LogP contribution in [0.4, 0.5) is 0 Å². The smallest absolute Gasteiger partial charge is 0.308 e. The fraction of sp³-hybridized carbons (Fsp3) is 0.645. The van der Waals surface area contributed by atoms with E-state index in [-0.39, 0.29) is 36.9 Å². The monoisotopic (exact) mass is 589 g/mol. The highest BCUT2D eigenvalue weighted by Crippen LogP contribution is 2.13. The van der Waals surface area contributed by atoms with Crippen molar-refractivity contribution < 1.29 is 28.7 Å². The van der Waals surface area contributed by atoms with Crippen LogP contribution in [0.5, 0.6) is 0 Å². The molecule has 0 radical (unpaired) electrons. The minimum Gasteiger partial charge on any atom is -0.466 e. The Morgan fingerprint density at radius 1 is 0.902 bits per heavy atom. The van der Waals surface area contributed by atoms with Crippen molar-refractivity contribution in [2.24, 2.45) is 0 Å². The molecule has 228 valence electrons. The van der Waals surface area contributed by atoms with Crippen molar-refractivity contribution in [3.05, 3.63) is 35.9 Å². The third-order valence-electron chi connectivity index (χ3n) is 7.01. The third kappa shape index (κ3) is 15.0. The molecule has 1 fully saturated rings. The van der Waals surface area contributed by atoms with Gasteiger partial charge in [0, 0.05) is 25.9 Å². The molecular formula is C31H47N3O6S. The number of rotatable bonds is 19. The highest BCUT2D eigenvalue weighted by atomic mass is 32.1. The molecular weight excluding hydrogens is 542 g/mol. The molecule has 0 bridgehead atoms. The number of piperazine rings is 1. The Labute approximate surface area is 250 Å². The Bertz CT molecular complexity index is 958. The molecule has 1 aromatic carbocycles. The molecule has 1 aliphatic rings. The van der Waals surface area contributed by atoms with Crippen molar-refractivity contribution >= 4 is 41.1 Å². The number of hydrogen-bond acceptors (Lipinski definition) is 7. The molecule has 0 saturated carbocycles. The van der Waals surface area contributed by atoms with Crippen molar-refractivity contribution in [2.75, 3.05) is 26.3 Å². The predicted octanol–water partition coefficient (Wildman–Crippen LogP) is 4.61. The lowest BCUT2D eigenvalue weighted by molar-refractivity contribution is -0.147. The number of esters is 2. The van der Waals surface area contributed by atoms with Gasteiger partial charge in [-0.05, 0) is 24.2 Å². The predicted molar refractivity (Wildman–Crippen MR) is 162 cm³/mol. The molecule has 1 aliphatic heterocycles. The number of nitrogens with one attached hydrogen (secondary N) is 2. The number of ether oxygens (including phenoxy) is 2. The fourth-order valence-corrected chi connectivity index (χ4v) is 4.95. The first-order chi connectivity index (χ1) is 19.9. The molecule has 2 N–H and O–H groups in total. The molecule has 1 heterocycles. The van der Waals surface area contributed by atoms with Crippen LogP contribution in [0.15, 0.2) is 30.3 Å². The SMILES string of the molecule is CCCCCCCCCCCCOC(=O)CC1C(=O)NCCN1C(=S)NC(=O)CCC(=O)OCCc1ccccc1. The summed E-state index contributed by atoms with van der Waals surface area (Å²) in [6, 6.07) is 8.80. The van der Waals surface area contributed by atoms with Gasteiger partial charge in [-0.25, -0.2) is 0 Å². The normalized spacial score (nSPS) is 14.7. The summed E-state index contributed by atoms with van der Waals surface area (Å²) in [6.45, 7) is 3.48. The Balaban J connectivity index is 1.63. The van der Waals surface area contributed by atoms with Gasteiger partial charge in [0.2, 0.25) is 11.8 Å². The second-order valence-corrected chi connectivity index (χ2v) is 10.8. The van der Waals surface area contributed by atoms with Crippen molar-refractivity contribution in [1.82, 2.24) is 15.5 Å². The maximum atomic E-state index is 12.5. The quantitative estimate of drug-likeness (QED) is 0.137. The fourth-order valence-electron chi connectivity index (χ4n) is 4.62. The maximum Gasteiger partial charge on any atom is 0.308 e. The van der Waals surface area contributed by atoms with Gasteiger partial charge in [-0.1, -0.05) is 95.0 Å². The van der Waals surface area contributed by atoms with Crippen LogP contribution >= 0.6 is 12.2 Å². The van der Waals surface area contributed by atoms with Crippen LogP contribution in [-0.4, -0.2) is 66.1 Å². The summed E-state index contributed by atoms with van der Waals surface area (Å²) in [5, 5.41) is 5.37. The number of unbranched alkanes of at least 4 members (excludes halogenated alkanes) is 9. The van der Waals surface area contributed by atoms with Crippen molar-refractivity contribution in [1.29, 1.82) is 0 Å². The molecule has 9 nitrogen and oxygen atoms in total. The summed E-state index contributed by atoms with van der Waals surface area (Å²) >= 11 is 5.37. The first-order valence-electron chi connectivity index (χ1n) is 15.1. The minimum absolute atomic E-state index is 0.0507. The molecule has 2 rings (SSSR count). The second kappa shape index (κ2) is 20.8. The zero-order valence-electron chi connectivity index (χ0n) is 24.5. The number of hydrogen-bond donors (Lipinski definition) is 2. The van der Waals surface area contributed by atoms with E-state index in [1.54, 1.807) is 0 Å². The molecule has 0 spiro atoms. The Hall–Kier alpha value is -3.01. The zero-order valence-corrected chi connectivity index (χ0v) is 25.3. The number of thiocarbonyl (C=S) groups is 1. The van der Waals surface area contributed by atoms with Gasteiger partial charge < -0.3 is 25.0 Å². The van der Waals surface area contributed by atoms with Crippen LogP contribution in [0, 0.1) is 0 Å². The Morgan fingerprint density at radius 2 is 1.54 bits per heavy atom.